The zero-order chi connectivity index (χ0) is 11.5. The van der Waals surface area contributed by atoms with Crippen LogP contribution in [0.3, 0.4) is 0 Å². The number of nitrogens with zero attached hydrogens (tertiary/aromatic N) is 2. The third kappa shape index (κ3) is 2.49. The molecule has 4 heteroatoms. The molecule has 3 nitrogen and oxygen atoms in total. The predicted octanol–water partition coefficient (Wildman–Crippen LogP) is 3.49. The van der Waals surface area contributed by atoms with E-state index in [-0.39, 0.29) is 0 Å². The Morgan fingerprint density at radius 1 is 1.12 bits per heavy atom. The van der Waals surface area contributed by atoms with Crippen LogP contribution in [0.5, 0.6) is 0 Å². The molecule has 0 saturated carbocycles. The van der Waals surface area contributed by atoms with Gasteiger partial charge in [-0.05, 0) is 38.1 Å². The van der Waals surface area contributed by atoms with E-state index in [0.29, 0.717) is 0 Å². The number of rotatable bonds is 2. The maximum Gasteiger partial charge on any atom is 0.136 e. The molecular formula is C12H12ClN3. The normalized spacial score (nSPS) is 10.2. The van der Waals surface area contributed by atoms with Crippen molar-refractivity contribution >= 4 is 23.1 Å². The summed E-state index contributed by atoms with van der Waals surface area (Å²) in [6.45, 7) is 3.84. The summed E-state index contributed by atoms with van der Waals surface area (Å²) in [5.74, 6) is 1.58. The fourth-order valence-electron chi connectivity index (χ4n) is 1.33. The molecular weight excluding hydrogens is 222 g/mol. The molecule has 0 aliphatic carbocycles. The number of benzene rings is 1. The van der Waals surface area contributed by atoms with E-state index in [9.17, 15) is 0 Å². The van der Waals surface area contributed by atoms with Crippen LogP contribution in [-0.4, -0.2) is 9.97 Å². The van der Waals surface area contributed by atoms with E-state index in [2.05, 4.69) is 15.3 Å². The van der Waals surface area contributed by atoms with Crippen molar-refractivity contribution in [3.8, 4) is 0 Å². The Kier molecular flexibility index (Phi) is 3.06. The molecule has 1 N–H and O–H groups in total. The standard InChI is InChI=1S/C12H12ClN3/c1-8-7-14-9(2)15-12(8)16-11-5-3-10(13)4-6-11/h3-7H,1-2H3,(H,14,15,16). The van der Waals surface area contributed by atoms with Crippen LogP contribution in [0, 0.1) is 13.8 Å². The van der Waals surface area contributed by atoms with Crippen LogP contribution in [0.25, 0.3) is 0 Å². The monoisotopic (exact) mass is 233 g/mol. The van der Waals surface area contributed by atoms with Crippen LogP contribution in [0.2, 0.25) is 5.02 Å². The van der Waals surface area contributed by atoms with Gasteiger partial charge in [0.2, 0.25) is 0 Å². The molecule has 0 unspecified atom stereocenters. The second kappa shape index (κ2) is 4.49. The van der Waals surface area contributed by atoms with Crippen LogP contribution in [0.15, 0.2) is 30.5 Å². The van der Waals surface area contributed by atoms with Crippen LogP contribution in [-0.2, 0) is 0 Å². The number of aromatic nitrogens is 2. The average Bonchev–Trinajstić information content (AvgIpc) is 2.27. The minimum Gasteiger partial charge on any atom is -0.340 e. The van der Waals surface area contributed by atoms with Gasteiger partial charge < -0.3 is 5.32 Å². The number of anilines is 2. The Bertz CT molecular complexity index is 494. The molecule has 1 aromatic carbocycles. The molecule has 0 fully saturated rings. The van der Waals surface area contributed by atoms with Gasteiger partial charge >= 0.3 is 0 Å². The lowest BCUT2D eigenvalue weighted by Crippen LogP contribution is -1.99. The summed E-state index contributed by atoms with van der Waals surface area (Å²) in [5, 5.41) is 3.95. The number of halogens is 1. The number of hydrogen-bond acceptors (Lipinski definition) is 3. The fraction of sp³-hybridized carbons (Fsp3) is 0.167. The first-order chi connectivity index (χ1) is 7.65. The summed E-state index contributed by atoms with van der Waals surface area (Å²) in [7, 11) is 0. The SMILES string of the molecule is Cc1ncc(C)c(Nc2ccc(Cl)cc2)n1. The average molecular weight is 234 g/mol. The topological polar surface area (TPSA) is 37.8 Å². The van der Waals surface area contributed by atoms with Gasteiger partial charge in [-0.1, -0.05) is 11.6 Å². The Hall–Kier alpha value is -1.61. The van der Waals surface area contributed by atoms with Gasteiger partial charge in [-0.3, -0.25) is 0 Å². The van der Waals surface area contributed by atoms with E-state index in [0.717, 1.165) is 27.9 Å². The maximum atomic E-state index is 5.82. The van der Waals surface area contributed by atoms with Gasteiger partial charge in [0.05, 0.1) is 0 Å². The second-order valence-corrected chi connectivity index (χ2v) is 4.02. The maximum absolute atomic E-state index is 5.82. The summed E-state index contributed by atoms with van der Waals surface area (Å²) in [5.41, 5.74) is 1.98. The summed E-state index contributed by atoms with van der Waals surface area (Å²) >= 11 is 5.82. The first-order valence-corrected chi connectivity index (χ1v) is 5.36. The third-order valence-electron chi connectivity index (χ3n) is 2.20. The molecule has 0 atom stereocenters. The van der Waals surface area contributed by atoms with Crippen molar-refractivity contribution in [2.24, 2.45) is 0 Å². The van der Waals surface area contributed by atoms with E-state index in [1.165, 1.54) is 0 Å². The van der Waals surface area contributed by atoms with Gasteiger partial charge in [0.1, 0.15) is 11.6 Å². The van der Waals surface area contributed by atoms with Crippen molar-refractivity contribution in [3.05, 3.63) is 46.9 Å². The molecule has 1 aromatic heterocycles. The molecule has 16 heavy (non-hydrogen) atoms. The molecule has 0 aliphatic heterocycles. The molecule has 0 aliphatic rings. The van der Waals surface area contributed by atoms with Crippen LogP contribution in [0.1, 0.15) is 11.4 Å². The zero-order valence-corrected chi connectivity index (χ0v) is 9.92. The van der Waals surface area contributed by atoms with Crippen molar-refractivity contribution < 1.29 is 0 Å². The van der Waals surface area contributed by atoms with Crippen molar-refractivity contribution in [1.29, 1.82) is 0 Å². The molecule has 82 valence electrons. The number of nitrogens with one attached hydrogen (secondary N) is 1. The number of aryl methyl sites for hydroxylation is 2. The van der Waals surface area contributed by atoms with Gasteiger partial charge in [-0.2, -0.15) is 0 Å². The highest BCUT2D eigenvalue weighted by molar-refractivity contribution is 6.30. The Morgan fingerprint density at radius 3 is 2.50 bits per heavy atom. The molecule has 0 saturated heterocycles. The summed E-state index contributed by atoms with van der Waals surface area (Å²) in [6.07, 6.45) is 1.81. The van der Waals surface area contributed by atoms with Gasteiger partial charge in [0, 0.05) is 22.5 Å². The van der Waals surface area contributed by atoms with Gasteiger partial charge in [0.15, 0.2) is 0 Å². The Labute approximate surface area is 99.5 Å². The van der Waals surface area contributed by atoms with Gasteiger partial charge in [0.25, 0.3) is 0 Å². The molecule has 2 rings (SSSR count). The lowest BCUT2D eigenvalue weighted by molar-refractivity contribution is 1.04. The van der Waals surface area contributed by atoms with E-state index >= 15 is 0 Å². The number of hydrogen-bond donors (Lipinski definition) is 1. The summed E-state index contributed by atoms with van der Waals surface area (Å²) < 4.78 is 0. The quantitative estimate of drug-likeness (QED) is 0.863. The molecule has 1 heterocycles. The van der Waals surface area contributed by atoms with E-state index in [1.807, 2.05) is 38.1 Å². The first kappa shape index (κ1) is 10.9. The molecule has 2 aromatic rings. The van der Waals surface area contributed by atoms with E-state index in [1.54, 1.807) is 6.20 Å². The van der Waals surface area contributed by atoms with Gasteiger partial charge in [-0.25, -0.2) is 9.97 Å². The van der Waals surface area contributed by atoms with Crippen LogP contribution >= 0.6 is 11.6 Å². The lowest BCUT2D eigenvalue weighted by atomic mass is 10.3. The van der Waals surface area contributed by atoms with Crippen molar-refractivity contribution in [2.75, 3.05) is 5.32 Å². The third-order valence-corrected chi connectivity index (χ3v) is 2.45. The highest BCUT2D eigenvalue weighted by Gasteiger charge is 2.01. The van der Waals surface area contributed by atoms with Crippen molar-refractivity contribution in [3.63, 3.8) is 0 Å². The Balaban J connectivity index is 2.26. The highest BCUT2D eigenvalue weighted by atomic mass is 35.5. The van der Waals surface area contributed by atoms with Crippen LogP contribution < -0.4 is 5.32 Å². The minimum absolute atomic E-state index is 0.723. The zero-order valence-electron chi connectivity index (χ0n) is 9.16. The fourth-order valence-corrected chi connectivity index (χ4v) is 1.45. The van der Waals surface area contributed by atoms with E-state index in [4.69, 9.17) is 11.6 Å². The smallest absolute Gasteiger partial charge is 0.136 e. The van der Waals surface area contributed by atoms with E-state index < -0.39 is 0 Å². The summed E-state index contributed by atoms with van der Waals surface area (Å²) in [4.78, 5) is 8.46. The summed E-state index contributed by atoms with van der Waals surface area (Å²) in [6, 6.07) is 7.51. The highest BCUT2D eigenvalue weighted by Crippen LogP contribution is 2.19. The molecule has 0 radical (unpaired) electrons. The van der Waals surface area contributed by atoms with Gasteiger partial charge in [-0.15, -0.1) is 0 Å². The molecule has 0 spiro atoms. The van der Waals surface area contributed by atoms with Crippen molar-refractivity contribution in [2.45, 2.75) is 13.8 Å². The first-order valence-electron chi connectivity index (χ1n) is 4.98. The van der Waals surface area contributed by atoms with Crippen LogP contribution in [0.4, 0.5) is 11.5 Å². The lowest BCUT2D eigenvalue weighted by Gasteiger charge is -2.08. The minimum atomic E-state index is 0.723. The largest absolute Gasteiger partial charge is 0.340 e. The second-order valence-electron chi connectivity index (χ2n) is 3.58. The molecule has 0 bridgehead atoms. The molecule has 0 amide bonds. The Morgan fingerprint density at radius 2 is 1.81 bits per heavy atom. The van der Waals surface area contributed by atoms with Crippen molar-refractivity contribution in [1.82, 2.24) is 9.97 Å². The predicted molar refractivity (Wildman–Crippen MR) is 66.2 cm³/mol.